The van der Waals surface area contributed by atoms with Crippen molar-refractivity contribution in [1.82, 2.24) is 20.2 Å². The molecule has 2 aromatic rings. The molecule has 8 heteroatoms. The molecule has 0 aliphatic carbocycles. The second-order valence-electron chi connectivity index (χ2n) is 3.44. The van der Waals surface area contributed by atoms with Crippen LogP contribution in [0.25, 0.3) is 0 Å². The molecular weight excluding hydrogens is 274 g/mol. The number of nitrogens with one attached hydrogen (secondary N) is 2. The van der Waals surface area contributed by atoms with Crippen LogP contribution in [0.5, 0.6) is 0 Å². The SMILES string of the molecule is CSc1nc(Cl)c(C=O)c(Nc2cc(C)[nH]n2)n1. The van der Waals surface area contributed by atoms with Gasteiger partial charge in [-0.05, 0) is 13.2 Å². The quantitative estimate of drug-likeness (QED) is 0.388. The molecule has 0 radical (unpaired) electrons. The minimum absolute atomic E-state index is 0.124. The first kappa shape index (κ1) is 12.8. The van der Waals surface area contributed by atoms with Gasteiger partial charge in [0.1, 0.15) is 11.0 Å². The van der Waals surface area contributed by atoms with Gasteiger partial charge in [0.2, 0.25) is 0 Å². The van der Waals surface area contributed by atoms with Gasteiger partial charge >= 0.3 is 0 Å². The molecule has 0 aliphatic rings. The van der Waals surface area contributed by atoms with E-state index in [-0.39, 0.29) is 10.7 Å². The molecule has 2 aromatic heterocycles. The number of thioether (sulfide) groups is 1. The van der Waals surface area contributed by atoms with Crippen molar-refractivity contribution in [2.24, 2.45) is 0 Å². The molecule has 2 N–H and O–H groups in total. The minimum atomic E-state index is 0.124. The second-order valence-corrected chi connectivity index (χ2v) is 4.57. The summed E-state index contributed by atoms with van der Waals surface area (Å²) < 4.78 is 0. The Morgan fingerprint density at radius 1 is 1.50 bits per heavy atom. The van der Waals surface area contributed by atoms with Crippen molar-refractivity contribution in [3.05, 3.63) is 22.5 Å². The van der Waals surface area contributed by atoms with E-state index in [1.165, 1.54) is 11.8 Å². The van der Waals surface area contributed by atoms with Crippen LogP contribution in [0.2, 0.25) is 5.15 Å². The van der Waals surface area contributed by atoms with Crippen molar-refractivity contribution >= 4 is 41.3 Å². The van der Waals surface area contributed by atoms with E-state index >= 15 is 0 Å². The Kier molecular flexibility index (Phi) is 3.83. The highest BCUT2D eigenvalue weighted by Gasteiger charge is 2.13. The number of anilines is 2. The molecule has 18 heavy (non-hydrogen) atoms. The molecule has 6 nitrogen and oxygen atoms in total. The van der Waals surface area contributed by atoms with E-state index in [1.54, 1.807) is 6.07 Å². The third-order valence-corrected chi connectivity index (χ3v) is 2.97. The summed E-state index contributed by atoms with van der Waals surface area (Å²) in [6, 6.07) is 1.79. The summed E-state index contributed by atoms with van der Waals surface area (Å²) in [5.41, 5.74) is 1.12. The molecule has 0 fully saturated rings. The van der Waals surface area contributed by atoms with Crippen LogP contribution in [-0.2, 0) is 0 Å². The molecular formula is C10H10ClN5OS. The Morgan fingerprint density at radius 2 is 2.28 bits per heavy atom. The molecule has 0 saturated heterocycles. The van der Waals surface area contributed by atoms with Crippen molar-refractivity contribution < 1.29 is 4.79 Å². The number of hydrogen-bond donors (Lipinski definition) is 2. The summed E-state index contributed by atoms with van der Waals surface area (Å²) in [5.74, 6) is 0.915. The minimum Gasteiger partial charge on any atom is -0.323 e. The maximum absolute atomic E-state index is 11.0. The van der Waals surface area contributed by atoms with E-state index in [4.69, 9.17) is 11.6 Å². The van der Waals surface area contributed by atoms with Gasteiger partial charge in [0.25, 0.3) is 0 Å². The van der Waals surface area contributed by atoms with Gasteiger partial charge in [-0.3, -0.25) is 9.89 Å². The Balaban J connectivity index is 2.41. The fourth-order valence-electron chi connectivity index (χ4n) is 1.32. The Morgan fingerprint density at radius 3 is 2.83 bits per heavy atom. The molecule has 0 bridgehead atoms. The first-order valence-electron chi connectivity index (χ1n) is 4.99. The van der Waals surface area contributed by atoms with Gasteiger partial charge in [-0.2, -0.15) is 5.10 Å². The fraction of sp³-hybridized carbons (Fsp3) is 0.200. The average Bonchev–Trinajstić information content (AvgIpc) is 2.74. The maximum Gasteiger partial charge on any atom is 0.190 e. The van der Waals surface area contributed by atoms with E-state index in [0.717, 1.165) is 5.69 Å². The number of hydrogen-bond acceptors (Lipinski definition) is 6. The molecule has 0 saturated carbocycles. The van der Waals surface area contributed by atoms with Crippen LogP contribution in [0.4, 0.5) is 11.6 Å². The van der Waals surface area contributed by atoms with Crippen LogP contribution in [-0.4, -0.2) is 32.7 Å². The lowest BCUT2D eigenvalue weighted by Gasteiger charge is -2.07. The summed E-state index contributed by atoms with van der Waals surface area (Å²) >= 11 is 7.26. The van der Waals surface area contributed by atoms with Crippen molar-refractivity contribution in [1.29, 1.82) is 0 Å². The zero-order valence-electron chi connectivity index (χ0n) is 9.69. The first-order chi connectivity index (χ1) is 8.63. The highest BCUT2D eigenvalue weighted by atomic mass is 35.5. The lowest BCUT2D eigenvalue weighted by Crippen LogP contribution is -2.03. The Hall–Kier alpha value is -1.60. The van der Waals surface area contributed by atoms with Crippen LogP contribution in [0.15, 0.2) is 11.2 Å². The third kappa shape index (κ3) is 2.62. The number of H-pyrrole nitrogens is 1. The second kappa shape index (κ2) is 5.36. The summed E-state index contributed by atoms with van der Waals surface area (Å²) in [7, 11) is 0. The van der Waals surface area contributed by atoms with Gasteiger partial charge in [0, 0.05) is 11.8 Å². The predicted molar refractivity (Wildman–Crippen MR) is 70.8 cm³/mol. The molecule has 0 atom stereocenters. The number of carbonyl (C=O) groups excluding carboxylic acids is 1. The highest BCUT2D eigenvalue weighted by Crippen LogP contribution is 2.24. The summed E-state index contributed by atoms with van der Waals surface area (Å²) in [4.78, 5) is 19.2. The highest BCUT2D eigenvalue weighted by molar-refractivity contribution is 7.98. The van der Waals surface area contributed by atoms with Crippen molar-refractivity contribution in [2.45, 2.75) is 12.1 Å². The zero-order valence-corrected chi connectivity index (χ0v) is 11.3. The Labute approximate surface area is 113 Å². The molecule has 94 valence electrons. The summed E-state index contributed by atoms with van der Waals surface area (Å²) in [6.45, 7) is 1.87. The van der Waals surface area contributed by atoms with Crippen LogP contribution in [0, 0.1) is 6.92 Å². The topological polar surface area (TPSA) is 83.6 Å². The number of halogens is 1. The lowest BCUT2D eigenvalue weighted by atomic mass is 10.3. The van der Waals surface area contributed by atoms with Crippen LogP contribution in [0.3, 0.4) is 0 Å². The largest absolute Gasteiger partial charge is 0.323 e. The van der Waals surface area contributed by atoms with Crippen LogP contribution in [0.1, 0.15) is 16.1 Å². The van der Waals surface area contributed by atoms with Gasteiger partial charge in [-0.1, -0.05) is 23.4 Å². The number of aldehydes is 1. The summed E-state index contributed by atoms with van der Waals surface area (Å²) in [5, 5.41) is 10.3. The van der Waals surface area contributed by atoms with Crippen molar-refractivity contribution in [3.8, 4) is 0 Å². The molecule has 2 rings (SSSR count). The standard InChI is InChI=1S/C10H10ClN5OS/c1-5-3-7(16-15-5)12-9-6(4-17)8(11)13-10(14-9)18-2/h3-4H,1-2H3,(H2,12,13,14,15,16). The van der Waals surface area contributed by atoms with Crippen LogP contribution >= 0.6 is 23.4 Å². The number of carbonyl (C=O) groups is 1. The van der Waals surface area contributed by atoms with Gasteiger partial charge < -0.3 is 5.32 Å². The Bertz CT molecular complexity index is 586. The van der Waals surface area contributed by atoms with E-state index in [2.05, 4.69) is 25.5 Å². The normalized spacial score (nSPS) is 10.4. The number of aromatic nitrogens is 4. The van der Waals surface area contributed by atoms with Gasteiger partial charge in [-0.15, -0.1) is 0 Å². The average molecular weight is 284 g/mol. The molecule has 0 unspecified atom stereocenters. The number of rotatable bonds is 4. The third-order valence-electron chi connectivity index (χ3n) is 2.13. The van der Waals surface area contributed by atoms with Gasteiger partial charge in [0.15, 0.2) is 17.3 Å². The number of nitrogens with zero attached hydrogens (tertiary/aromatic N) is 3. The molecule has 0 aromatic carbocycles. The zero-order chi connectivity index (χ0) is 13.1. The van der Waals surface area contributed by atoms with Gasteiger partial charge in [0.05, 0.1) is 5.56 Å². The lowest BCUT2D eigenvalue weighted by molar-refractivity contribution is 0.112. The molecule has 0 spiro atoms. The van der Waals surface area contributed by atoms with E-state index in [1.807, 2.05) is 13.2 Å². The fourth-order valence-corrected chi connectivity index (χ4v) is 1.95. The van der Waals surface area contributed by atoms with Gasteiger partial charge in [-0.25, -0.2) is 9.97 Å². The number of aryl methyl sites for hydroxylation is 1. The number of aromatic amines is 1. The first-order valence-corrected chi connectivity index (χ1v) is 6.60. The molecule has 0 aliphatic heterocycles. The molecule has 0 amide bonds. The monoisotopic (exact) mass is 283 g/mol. The van der Waals surface area contributed by atoms with E-state index in [0.29, 0.717) is 23.1 Å². The molecule has 2 heterocycles. The van der Waals surface area contributed by atoms with E-state index < -0.39 is 0 Å². The maximum atomic E-state index is 11.0. The smallest absolute Gasteiger partial charge is 0.190 e. The summed E-state index contributed by atoms with van der Waals surface area (Å²) in [6.07, 6.45) is 2.45. The van der Waals surface area contributed by atoms with Crippen LogP contribution < -0.4 is 5.32 Å². The van der Waals surface area contributed by atoms with Crippen molar-refractivity contribution in [2.75, 3.05) is 11.6 Å². The van der Waals surface area contributed by atoms with E-state index in [9.17, 15) is 4.79 Å². The van der Waals surface area contributed by atoms with Crippen molar-refractivity contribution in [3.63, 3.8) is 0 Å². The predicted octanol–water partition coefficient (Wildman–Crippen LogP) is 2.44.